The molecule has 0 aromatic heterocycles. The van der Waals surface area contributed by atoms with E-state index >= 15 is 0 Å². The van der Waals surface area contributed by atoms with Crippen LogP contribution >= 0.6 is 12.6 Å². The van der Waals surface area contributed by atoms with Gasteiger partial charge in [0.05, 0.1) is 5.25 Å². The molecule has 2 atom stereocenters. The maximum Gasteiger partial charge on any atom is 0.233 e. The molecule has 0 fully saturated rings. The molecule has 0 aliphatic heterocycles. The molecule has 5 heteroatoms. The molecule has 0 saturated carbocycles. The summed E-state index contributed by atoms with van der Waals surface area (Å²) in [5.41, 5.74) is 0. The van der Waals surface area contributed by atoms with E-state index in [1.165, 1.54) is 0 Å². The van der Waals surface area contributed by atoms with Gasteiger partial charge in [-0.15, -0.1) is 0 Å². The first-order chi connectivity index (χ1) is 7.88. The fourth-order valence-corrected chi connectivity index (χ4v) is 1.25. The first kappa shape index (κ1) is 16.3. The van der Waals surface area contributed by atoms with Gasteiger partial charge in [-0.05, 0) is 19.3 Å². The van der Waals surface area contributed by atoms with E-state index in [0.717, 1.165) is 6.42 Å². The highest BCUT2D eigenvalue weighted by Gasteiger charge is 2.17. The van der Waals surface area contributed by atoms with Gasteiger partial charge in [0.2, 0.25) is 11.8 Å². The maximum atomic E-state index is 11.5. The van der Waals surface area contributed by atoms with E-state index in [2.05, 4.69) is 23.3 Å². The minimum atomic E-state index is -0.312. The van der Waals surface area contributed by atoms with Crippen molar-refractivity contribution in [1.29, 1.82) is 0 Å². The van der Waals surface area contributed by atoms with Gasteiger partial charge in [0.25, 0.3) is 0 Å². The summed E-state index contributed by atoms with van der Waals surface area (Å²) in [7, 11) is 0. The predicted molar refractivity (Wildman–Crippen MR) is 73.1 cm³/mol. The molecule has 17 heavy (non-hydrogen) atoms. The normalized spacial score (nSPS) is 14.2. The van der Waals surface area contributed by atoms with E-state index in [4.69, 9.17) is 0 Å². The van der Waals surface area contributed by atoms with Crippen molar-refractivity contribution in [2.24, 2.45) is 5.92 Å². The third kappa shape index (κ3) is 7.26. The molecule has 2 unspecified atom stereocenters. The summed E-state index contributed by atoms with van der Waals surface area (Å²) in [6.45, 7) is 8.21. The highest BCUT2D eigenvalue weighted by molar-refractivity contribution is 7.81. The molecule has 0 rings (SSSR count). The highest BCUT2D eigenvalue weighted by atomic mass is 32.1. The van der Waals surface area contributed by atoms with Gasteiger partial charge in [-0.25, -0.2) is 0 Å². The lowest BCUT2D eigenvalue weighted by molar-refractivity contribution is -0.122. The molecular formula is C12H24N2O2S. The number of nitrogens with one attached hydrogen (secondary N) is 2. The molecule has 0 bridgehead atoms. The van der Waals surface area contributed by atoms with Crippen molar-refractivity contribution in [3.63, 3.8) is 0 Å². The number of hydrogen-bond donors (Lipinski definition) is 3. The molecule has 0 aliphatic carbocycles. The molecule has 0 aliphatic rings. The summed E-state index contributed by atoms with van der Waals surface area (Å²) in [5, 5.41) is 5.24. The third-order valence-electron chi connectivity index (χ3n) is 2.57. The average molecular weight is 260 g/mol. The zero-order chi connectivity index (χ0) is 13.4. The zero-order valence-electron chi connectivity index (χ0n) is 11.1. The van der Waals surface area contributed by atoms with Crippen LogP contribution in [0.3, 0.4) is 0 Å². The summed E-state index contributed by atoms with van der Waals surface area (Å²) in [6.07, 6.45) is 1.22. The second-order valence-corrected chi connectivity index (χ2v) is 5.16. The summed E-state index contributed by atoms with van der Waals surface area (Å²) in [5.74, 6) is 0.0480. The Balaban J connectivity index is 3.77. The molecule has 0 spiro atoms. The van der Waals surface area contributed by atoms with E-state index in [-0.39, 0.29) is 29.0 Å². The first-order valence-corrected chi connectivity index (χ1v) is 6.65. The van der Waals surface area contributed by atoms with Crippen LogP contribution in [-0.4, -0.2) is 29.7 Å². The monoisotopic (exact) mass is 260 g/mol. The van der Waals surface area contributed by atoms with Gasteiger partial charge in [-0.2, -0.15) is 12.6 Å². The van der Waals surface area contributed by atoms with Crippen LogP contribution in [0.2, 0.25) is 0 Å². The van der Waals surface area contributed by atoms with Crippen LogP contribution in [0.25, 0.3) is 0 Å². The Kier molecular flexibility index (Phi) is 8.04. The van der Waals surface area contributed by atoms with E-state index < -0.39 is 0 Å². The van der Waals surface area contributed by atoms with Crippen molar-refractivity contribution in [3.05, 3.63) is 0 Å². The SMILES string of the molecule is CCC(C)NC(=O)CCNC(=O)C(S)C(C)C. The van der Waals surface area contributed by atoms with E-state index in [0.29, 0.717) is 13.0 Å². The number of thiol groups is 1. The van der Waals surface area contributed by atoms with Gasteiger partial charge in [-0.3, -0.25) is 9.59 Å². The van der Waals surface area contributed by atoms with Crippen molar-refractivity contribution in [1.82, 2.24) is 10.6 Å². The molecule has 0 radical (unpaired) electrons. The van der Waals surface area contributed by atoms with Crippen LogP contribution in [0.5, 0.6) is 0 Å². The van der Waals surface area contributed by atoms with E-state index in [1.54, 1.807) is 0 Å². The zero-order valence-corrected chi connectivity index (χ0v) is 12.0. The molecule has 0 aromatic carbocycles. The van der Waals surface area contributed by atoms with Crippen LogP contribution in [0.1, 0.15) is 40.5 Å². The van der Waals surface area contributed by atoms with Gasteiger partial charge in [0, 0.05) is 19.0 Å². The van der Waals surface area contributed by atoms with Gasteiger partial charge < -0.3 is 10.6 Å². The van der Waals surface area contributed by atoms with E-state index in [9.17, 15) is 9.59 Å². The fourth-order valence-electron chi connectivity index (χ4n) is 1.16. The number of hydrogen-bond acceptors (Lipinski definition) is 3. The molecule has 0 aromatic rings. The van der Waals surface area contributed by atoms with Crippen LogP contribution < -0.4 is 10.6 Å². The van der Waals surface area contributed by atoms with Gasteiger partial charge in [0.1, 0.15) is 0 Å². The van der Waals surface area contributed by atoms with Crippen molar-refractivity contribution in [3.8, 4) is 0 Å². The van der Waals surface area contributed by atoms with Gasteiger partial charge in [0.15, 0.2) is 0 Å². The summed E-state index contributed by atoms with van der Waals surface area (Å²) in [6, 6.07) is 0.187. The smallest absolute Gasteiger partial charge is 0.233 e. The van der Waals surface area contributed by atoms with E-state index in [1.807, 2.05) is 27.7 Å². The quantitative estimate of drug-likeness (QED) is 0.605. The predicted octanol–water partition coefficient (Wildman–Crippen LogP) is 1.36. The molecule has 2 N–H and O–H groups in total. The molecule has 100 valence electrons. The van der Waals surface area contributed by atoms with Crippen molar-refractivity contribution >= 4 is 24.4 Å². The highest BCUT2D eigenvalue weighted by Crippen LogP contribution is 2.08. The molecule has 2 amide bonds. The topological polar surface area (TPSA) is 58.2 Å². The number of carbonyl (C=O) groups excluding carboxylic acids is 2. The standard InChI is InChI=1S/C12H24N2O2S/c1-5-9(4)14-10(15)6-7-13-12(16)11(17)8(2)3/h8-9,11,17H,5-7H2,1-4H3,(H,13,16)(H,14,15). The maximum absolute atomic E-state index is 11.5. The molecule has 0 heterocycles. The van der Waals surface area contributed by atoms with Crippen LogP contribution in [0, 0.1) is 5.92 Å². The van der Waals surface area contributed by atoms with Gasteiger partial charge in [-0.1, -0.05) is 20.8 Å². The minimum Gasteiger partial charge on any atom is -0.355 e. The first-order valence-electron chi connectivity index (χ1n) is 6.13. The molecule has 0 saturated heterocycles. The lowest BCUT2D eigenvalue weighted by Gasteiger charge is -2.15. The van der Waals surface area contributed by atoms with Crippen LogP contribution in [0.4, 0.5) is 0 Å². The number of amides is 2. The van der Waals surface area contributed by atoms with Crippen LogP contribution in [-0.2, 0) is 9.59 Å². The Morgan fingerprint density at radius 2 is 1.82 bits per heavy atom. The van der Waals surface area contributed by atoms with Gasteiger partial charge >= 0.3 is 0 Å². The third-order valence-corrected chi connectivity index (χ3v) is 3.40. The van der Waals surface area contributed by atoms with Crippen molar-refractivity contribution in [2.45, 2.75) is 51.8 Å². The lowest BCUT2D eigenvalue weighted by atomic mass is 10.1. The lowest BCUT2D eigenvalue weighted by Crippen LogP contribution is -2.38. The molecular weight excluding hydrogens is 236 g/mol. The summed E-state index contributed by atoms with van der Waals surface area (Å²) >= 11 is 4.20. The Hall–Kier alpha value is -0.710. The molecule has 4 nitrogen and oxygen atoms in total. The van der Waals surface area contributed by atoms with Crippen LogP contribution in [0.15, 0.2) is 0 Å². The Morgan fingerprint density at radius 3 is 2.29 bits per heavy atom. The number of rotatable bonds is 7. The Morgan fingerprint density at radius 1 is 1.24 bits per heavy atom. The second kappa shape index (κ2) is 8.39. The Labute approximate surface area is 109 Å². The fraction of sp³-hybridized carbons (Fsp3) is 0.833. The van der Waals surface area contributed by atoms with Crippen molar-refractivity contribution in [2.75, 3.05) is 6.54 Å². The number of carbonyl (C=O) groups is 2. The summed E-state index contributed by atoms with van der Waals surface area (Å²) < 4.78 is 0. The van der Waals surface area contributed by atoms with Crippen molar-refractivity contribution < 1.29 is 9.59 Å². The summed E-state index contributed by atoms with van der Waals surface area (Å²) in [4.78, 5) is 22.9. The average Bonchev–Trinajstić information content (AvgIpc) is 2.27. The Bertz CT molecular complexity index is 257. The minimum absolute atomic E-state index is 0.0279. The largest absolute Gasteiger partial charge is 0.355 e. The second-order valence-electron chi connectivity index (χ2n) is 4.61.